The summed E-state index contributed by atoms with van der Waals surface area (Å²) in [6.45, 7) is 14.8. The molecule has 1 amide bonds. The van der Waals surface area contributed by atoms with E-state index < -0.39 is 5.60 Å². The van der Waals surface area contributed by atoms with Gasteiger partial charge in [-0.2, -0.15) is 0 Å². The van der Waals surface area contributed by atoms with Crippen LogP contribution < -0.4 is 16.0 Å². The molecule has 1 atom stereocenters. The molecule has 5 nitrogen and oxygen atoms in total. The number of carbonyl (C=O) groups excluding carboxylic acids is 1. The van der Waals surface area contributed by atoms with E-state index in [9.17, 15) is 4.79 Å². The monoisotopic (exact) mass is 311 g/mol. The molecule has 0 bridgehead atoms. The fourth-order valence-corrected chi connectivity index (χ4v) is 2.67. The molecule has 1 aliphatic carbocycles. The van der Waals surface area contributed by atoms with Crippen LogP contribution in [0.25, 0.3) is 0 Å². The average molecular weight is 311 g/mol. The summed E-state index contributed by atoms with van der Waals surface area (Å²) < 4.78 is 5.24. The number of hydrogen-bond acceptors (Lipinski definition) is 4. The lowest BCUT2D eigenvalue weighted by molar-refractivity contribution is 0.0467. The highest BCUT2D eigenvalue weighted by Crippen LogP contribution is 2.23. The summed E-state index contributed by atoms with van der Waals surface area (Å²) in [6, 6.07) is 1.05. The average Bonchev–Trinajstić information content (AvgIpc) is 2.90. The Morgan fingerprint density at radius 1 is 1.18 bits per heavy atom. The molecular formula is C17H33N3O2. The van der Waals surface area contributed by atoms with E-state index in [1.54, 1.807) is 0 Å². The van der Waals surface area contributed by atoms with E-state index in [0.29, 0.717) is 12.1 Å². The van der Waals surface area contributed by atoms with Crippen molar-refractivity contribution < 1.29 is 9.53 Å². The molecule has 1 saturated carbocycles. The number of amides is 1. The van der Waals surface area contributed by atoms with Gasteiger partial charge in [-0.1, -0.05) is 20.4 Å². The lowest BCUT2D eigenvalue weighted by Gasteiger charge is -2.38. The highest BCUT2D eigenvalue weighted by Gasteiger charge is 2.32. The van der Waals surface area contributed by atoms with Crippen molar-refractivity contribution >= 4 is 6.09 Å². The molecule has 0 spiro atoms. The maximum absolute atomic E-state index is 11.6. The Morgan fingerprint density at radius 3 is 2.27 bits per heavy atom. The van der Waals surface area contributed by atoms with Crippen molar-refractivity contribution in [2.75, 3.05) is 6.54 Å². The number of nitrogens with one attached hydrogen (secondary N) is 3. The Hall–Kier alpha value is -1.23. The molecule has 2 rings (SSSR count). The molecule has 1 unspecified atom stereocenters. The van der Waals surface area contributed by atoms with Gasteiger partial charge in [0.15, 0.2) is 0 Å². The zero-order valence-electron chi connectivity index (χ0n) is 14.8. The van der Waals surface area contributed by atoms with Gasteiger partial charge in [0.1, 0.15) is 5.60 Å². The largest absolute Gasteiger partial charge is 0.444 e. The predicted octanol–water partition coefficient (Wildman–Crippen LogP) is 2.92. The number of alkyl carbamates (subject to hydrolysis) is 1. The fourth-order valence-electron chi connectivity index (χ4n) is 2.67. The highest BCUT2D eigenvalue weighted by atomic mass is 16.6. The second-order valence-corrected chi connectivity index (χ2v) is 6.83. The van der Waals surface area contributed by atoms with Crippen molar-refractivity contribution in [3.05, 3.63) is 12.3 Å². The van der Waals surface area contributed by atoms with Crippen LogP contribution in [-0.2, 0) is 4.74 Å². The maximum Gasteiger partial charge on any atom is 0.407 e. The van der Waals surface area contributed by atoms with Gasteiger partial charge in [0.2, 0.25) is 0 Å². The minimum atomic E-state index is -0.437. The number of ether oxygens (including phenoxy) is 1. The molecule has 128 valence electrons. The number of hydrogen-bond donors (Lipinski definition) is 3. The molecule has 0 aromatic heterocycles. The first-order valence-corrected chi connectivity index (χ1v) is 8.52. The van der Waals surface area contributed by atoms with Gasteiger partial charge in [-0.15, -0.1) is 0 Å². The Labute approximate surface area is 135 Å². The Bertz CT molecular complexity index is 365. The van der Waals surface area contributed by atoms with E-state index in [0.717, 1.165) is 31.5 Å². The van der Waals surface area contributed by atoms with Crippen LogP contribution in [0.4, 0.5) is 4.79 Å². The standard InChI is InChI=1S/C15H27N3O2.C2H6/c1-10(13-6-5-7-16-13)17-11-8-12(9-11)18-14(19)20-15(2,3)4;1-2/h11-13,16-17H,1,5-9H2,2-4H3,(H,18,19);1-2H3. The first-order chi connectivity index (χ1) is 10.3. The Balaban J connectivity index is 0.00000116. The van der Waals surface area contributed by atoms with Crippen molar-refractivity contribution in [3.8, 4) is 0 Å². The van der Waals surface area contributed by atoms with Crippen LogP contribution in [0.2, 0.25) is 0 Å². The van der Waals surface area contributed by atoms with Crippen LogP contribution in [0.1, 0.15) is 60.3 Å². The second kappa shape index (κ2) is 8.42. The summed E-state index contributed by atoms with van der Waals surface area (Å²) in [6.07, 6.45) is 3.93. The molecule has 0 aromatic carbocycles. The number of carbonyl (C=O) groups is 1. The van der Waals surface area contributed by atoms with Gasteiger partial charge >= 0.3 is 6.09 Å². The van der Waals surface area contributed by atoms with Gasteiger partial charge in [0, 0.05) is 23.8 Å². The van der Waals surface area contributed by atoms with E-state index in [2.05, 4.69) is 22.5 Å². The quantitative estimate of drug-likeness (QED) is 0.747. The summed E-state index contributed by atoms with van der Waals surface area (Å²) in [5.74, 6) is 0. The Morgan fingerprint density at radius 2 is 1.77 bits per heavy atom. The van der Waals surface area contributed by atoms with E-state index in [1.807, 2.05) is 34.6 Å². The second-order valence-electron chi connectivity index (χ2n) is 6.83. The summed E-state index contributed by atoms with van der Waals surface area (Å²) >= 11 is 0. The minimum Gasteiger partial charge on any atom is -0.444 e. The summed E-state index contributed by atoms with van der Waals surface area (Å²) in [7, 11) is 0. The van der Waals surface area contributed by atoms with E-state index in [4.69, 9.17) is 4.74 Å². The third-order valence-electron chi connectivity index (χ3n) is 3.73. The molecule has 1 saturated heterocycles. The van der Waals surface area contributed by atoms with E-state index >= 15 is 0 Å². The summed E-state index contributed by atoms with van der Waals surface area (Å²) in [5, 5.41) is 9.79. The zero-order valence-corrected chi connectivity index (χ0v) is 14.8. The van der Waals surface area contributed by atoms with Crippen LogP contribution in [0.3, 0.4) is 0 Å². The smallest absolute Gasteiger partial charge is 0.407 e. The topological polar surface area (TPSA) is 62.4 Å². The van der Waals surface area contributed by atoms with Crippen LogP contribution in [0.15, 0.2) is 12.3 Å². The SMILES string of the molecule is C=C(NC1CC(NC(=O)OC(C)(C)C)C1)C1CCCN1.CC. The first kappa shape index (κ1) is 18.8. The van der Waals surface area contributed by atoms with Crippen LogP contribution in [0, 0.1) is 0 Å². The summed E-state index contributed by atoms with van der Waals surface area (Å²) in [4.78, 5) is 11.6. The zero-order chi connectivity index (χ0) is 16.8. The van der Waals surface area contributed by atoms with Gasteiger partial charge in [-0.3, -0.25) is 0 Å². The fraction of sp³-hybridized carbons (Fsp3) is 0.824. The molecule has 3 N–H and O–H groups in total. The predicted molar refractivity (Wildman–Crippen MR) is 90.8 cm³/mol. The molecule has 22 heavy (non-hydrogen) atoms. The molecule has 5 heteroatoms. The van der Waals surface area contributed by atoms with Gasteiger partial charge in [0.05, 0.1) is 0 Å². The molecule has 1 heterocycles. The van der Waals surface area contributed by atoms with Crippen molar-refractivity contribution in [1.82, 2.24) is 16.0 Å². The maximum atomic E-state index is 11.6. The van der Waals surface area contributed by atoms with Crippen LogP contribution in [-0.4, -0.2) is 36.4 Å². The van der Waals surface area contributed by atoms with Crippen molar-refractivity contribution in [1.29, 1.82) is 0 Å². The first-order valence-electron chi connectivity index (χ1n) is 8.52. The van der Waals surface area contributed by atoms with Gasteiger partial charge in [-0.05, 0) is 53.0 Å². The molecule has 2 fully saturated rings. The molecule has 0 radical (unpaired) electrons. The van der Waals surface area contributed by atoms with Gasteiger partial charge in [0.25, 0.3) is 0 Å². The lowest BCUT2D eigenvalue weighted by atomic mass is 9.86. The normalized spacial score (nSPS) is 27.0. The molecule has 0 aromatic rings. The number of rotatable bonds is 4. The van der Waals surface area contributed by atoms with Gasteiger partial charge < -0.3 is 20.7 Å². The van der Waals surface area contributed by atoms with Crippen LogP contribution in [0.5, 0.6) is 0 Å². The molecule has 2 aliphatic rings. The molecular weight excluding hydrogens is 278 g/mol. The van der Waals surface area contributed by atoms with Crippen molar-refractivity contribution in [2.45, 2.75) is 84.0 Å². The minimum absolute atomic E-state index is 0.215. The summed E-state index contributed by atoms with van der Waals surface area (Å²) in [5.41, 5.74) is 0.650. The Kier molecular flexibility index (Phi) is 7.20. The third kappa shape index (κ3) is 6.26. The van der Waals surface area contributed by atoms with Crippen molar-refractivity contribution in [2.24, 2.45) is 0 Å². The molecule has 1 aliphatic heterocycles. The highest BCUT2D eigenvalue weighted by molar-refractivity contribution is 5.68. The van der Waals surface area contributed by atoms with Gasteiger partial charge in [-0.25, -0.2) is 4.79 Å². The van der Waals surface area contributed by atoms with Crippen LogP contribution >= 0.6 is 0 Å². The lowest BCUT2D eigenvalue weighted by Crippen LogP contribution is -2.53. The van der Waals surface area contributed by atoms with E-state index in [1.165, 1.54) is 6.42 Å². The third-order valence-corrected chi connectivity index (χ3v) is 3.73. The van der Waals surface area contributed by atoms with E-state index in [-0.39, 0.29) is 12.1 Å². The van der Waals surface area contributed by atoms with Crippen molar-refractivity contribution in [3.63, 3.8) is 0 Å².